The van der Waals surface area contributed by atoms with Crippen LogP contribution in [0.5, 0.6) is 0 Å². The highest BCUT2D eigenvalue weighted by Crippen LogP contribution is 2.75. The summed E-state index contributed by atoms with van der Waals surface area (Å²) in [4.78, 5) is 36.7. The number of hydrogen-bond donors (Lipinski definition) is 2. The number of rotatable bonds is 7. The minimum Gasteiger partial charge on any atom is -0.441 e. The third-order valence-electron chi connectivity index (χ3n) is 6.88. The number of carbonyl (C=O) groups is 2. The van der Waals surface area contributed by atoms with Crippen LogP contribution in [0.2, 0.25) is 0 Å². The Labute approximate surface area is 207 Å². The summed E-state index contributed by atoms with van der Waals surface area (Å²) in [7, 11) is 1.54. The van der Waals surface area contributed by atoms with Crippen molar-refractivity contribution < 1.29 is 31.9 Å². The standard InChI is InChI=1S/C23H21F4N7O3/c1-11(14-3-12(24)4-28-16(14)25)37-21(36)33-18-15(7-31-34(18)2)17-29-5-13(6-30-17)32-20(35)23-8-22(9-23,10-23)19(26)27/h3-7,11,19H,8-10H2,1-2H3,(H,32,35)(H,33,36)/t11-,22?,23?/m1/s1. The summed E-state index contributed by atoms with van der Waals surface area (Å²) in [5.74, 6) is -1.75. The number of aryl methyl sites for hydroxylation is 1. The fourth-order valence-corrected chi connectivity index (χ4v) is 4.96. The average Bonchev–Trinajstić information content (AvgIpc) is 3.13. The quantitative estimate of drug-likeness (QED) is 0.354. The van der Waals surface area contributed by atoms with E-state index in [9.17, 15) is 27.2 Å². The molecule has 0 spiro atoms. The summed E-state index contributed by atoms with van der Waals surface area (Å²) >= 11 is 0. The molecule has 3 aromatic rings. The van der Waals surface area contributed by atoms with E-state index in [4.69, 9.17) is 4.74 Å². The van der Waals surface area contributed by atoms with Gasteiger partial charge in [0.05, 0.1) is 47.0 Å². The van der Waals surface area contributed by atoms with E-state index in [0.29, 0.717) is 17.4 Å². The van der Waals surface area contributed by atoms with E-state index in [1.54, 1.807) is 7.05 Å². The monoisotopic (exact) mass is 519 g/mol. The van der Waals surface area contributed by atoms with Gasteiger partial charge in [-0.3, -0.25) is 14.8 Å². The lowest BCUT2D eigenvalue weighted by atomic mass is 9.35. The fourth-order valence-electron chi connectivity index (χ4n) is 4.96. The third-order valence-corrected chi connectivity index (χ3v) is 6.88. The number of carbonyl (C=O) groups excluding carboxylic acids is 2. The second-order valence-corrected chi connectivity index (χ2v) is 9.46. The van der Waals surface area contributed by atoms with E-state index in [-0.39, 0.29) is 42.4 Å². The predicted octanol–water partition coefficient (Wildman–Crippen LogP) is 4.23. The number of alkyl halides is 2. The van der Waals surface area contributed by atoms with Crippen LogP contribution in [0.25, 0.3) is 11.4 Å². The molecular formula is C23H21F4N7O3. The number of pyridine rings is 1. The van der Waals surface area contributed by atoms with Crippen molar-refractivity contribution in [2.24, 2.45) is 17.9 Å². The van der Waals surface area contributed by atoms with Crippen LogP contribution in [-0.2, 0) is 16.6 Å². The molecule has 3 aliphatic carbocycles. The molecule has 0 saturated heterocycles. The molecule has 3 fully saturated rings. The number of amides is 2. The molecule has 2 bridgehead atoms. The van der Waals surface area contributed by atoms with Crippen molar-refractivity contribution in [2.75, 3.05) is 10.6 Å². The highest BCUT2D eigenvalue weighted by Gasteiger charge is 2.75. The molecule has 2 N–H and O–H groups in total. The van der Waals surface area contributed by atoms with Gasteiger partial charge in [0.15, 0.2) is 5.82 Å². The van der Waals surface area contributed by atoms with Gasteiger partial charge in [-0.05, 0) is 32.3 Å². The average molecular weight is 519 g/mol. The number of halogens is 4. The minimum atomic E-state index is -2.42. The second-order valence-electron chi connectivity index (χ2n) is 9.46. The van der Waals surface area contributed by atoms with E-state index in [0.717, 1.165) is 6.07 Å². The molecule has 1 atom stereocenters. The number of nitrogens with one attached hydrogen (secondary N) is 2. The van der Waals surface area contributed by atoms with Crippen LogP contribution in [0.4, 0.5) is 33.9 Å². The molecule has 194 valence electrons. The molecule has 3 aromatic heterocycles. The van der Waals surface area contributed by atoms with Gasteiger partial charge in [0.2, 0.25) is 18.3 Å². The van der Waals surface area contributed by atoms with E-state index < -0.39 is 41.2 Å². The molecule has 3 aliphatic rings. The number of aromatic nitrogens is 5. The Morgan fingerprint density at radius 2 is 1.73 bits per heavy atom. The highest BCUT2D eigenvalue weighted by molar-refractivity contribution is 5.97. The Hall–Kier alpha value is -4.10. The summed E-state index contributed by atoms with van der Waals surface area (Å²) < 4.78 is 59.8. The molecule has 0 aromatic carbocycles. The zero-order valence-electron chi connectivity index (χ0n) is 19.6. The molecule has 3 heterocycles. The van der Waals surface area contributed by atoms with E-state index >= 15 is 0 Å². The van der Waals surface area contributed by atoms with Gasteiger partial charge < -0.3 is 10.1 Å². The van der Waals surface area contributed by atoms with Crippen LogP contribution in [-0.4, -0.2) is 43.2 Å². The van der Waals surface area contributed by atoms with Gasteiger partial charge in [0.25, 0.3) is 0 Å². The largest absolute Gasteiger partial charge is 0.441 e. The Morgan fingerprint density at radius 3 is 2.38 bits per heavy atom. The molecule has 37 heavy (non-hydrogen) atoms. The van der Waals surface area contributed by atoms with Gasteiger partial charge in [-0.1, -0.05) is 0 Å². The second kappa shape index (κ2) is 8.78. The van der Waals surface area contributed by atoms with Crippen LogP contribution in [0.15, 0.2) is 30.9 Å². The molecular weight excluding hydrogens is 498 g/mol. The topological polar surface area (TPSA) is 124 Å². The van der Waals surface area contributed by atoms with E-state index in [1.165, 1.54) is 30.2 Å². The van der Waals surface area contributed by atoms with Crippen molar-refractivity contribution in [3.63, 3.8) is 0 Å². The molecule has 0 radical (unpaired) electrons. The number of hydrogen-bond acceptors (Lipinski definition) is 7. The van der Waals surface area contributed by atoms with Crippen molar-refractivity contribution in [3.05, 3.63) is 48.2 Å². The maximum absolute atomic E-state index is 13.9. The zero-order chi connectivity index (χ0) is 26.5. The lowest BCUT2D eigenvalue weighted by Gasteiger charge is -2.68. The van der Waals surface area contributed by atoms with Crippen LogP contribution >= 0.6 is 0 Å². The summed E-state index contributed by atoms with van der Waals surface area (Å²) in [6.45, 7) is 1.36. The molecule has 0 unspecified atom stereocenters. The maximum atomic E-state index is 13.9. The first-order valence-corrected chi connectivity index (χ1v) is 11.2. The van der Waals surface area contributed by atoms with Crippen LogP contribution in [0.1, 0.15) is 37.9 Å². The molecule has 2 amide bonds. The van der Waals surface area contributed by atoms with E-state index in [1.807, 2.05) is 0 Å². The Kier molecular flexibility index (Phi) is 5.83. The van der Waals surface area contributed by atoms with E-state index in [2.05, 4.69) is 30.7 Å². The summed E-state index contributed by atoms with van der Waals surface area (Å²) in [5, 5.41) is 9.23. The zero-order valence-corrected chi connectivity index (χ0v) is 19.6. The van der Waals surface area contributed by atoms with Crippen LogP contribution < -0.4 is 10.6 Å². The highest BCUT2D eigenvalue weighted by atomic mass is 19.3. The third kappa shape index (κ3) is 4.25. The number of ether oxygens (including phenoxy) is 1. The Morgan fingerprint density at radius 1 is 1.05 bits per heavy atom. The van der Waals surface area contributed by atoms with Gasteiger partial charge in [-0.2, -0.15) is 9.49 Å². The molecule has 0 aliphatic heterocycles. The maximum Gasteiger partial charge on any atom is 0.413 e. The van der Waals surface area contributed by atoms with Crippen LogP contribution in [0.3, 0.4) is 0 Å². The lowest BCUT2D eigenvalue weighted by molar-refractivity contribution is -0.252. The molecule has 6 rings (SSSR count). The van der Waals surface area contributed by atoms with Crippen LogP contribution in [0, 0.1) is 22.6 Å². The fraction of sp³-hybridized carbons (Fsp3) is 0.391. The molecule has 3 saturated carbocycles. The van der Waals surface area contributed by atoms with Crippen molar-refractivity contribution >= 4 is 23.5 Å². The molecule has 14 heteroatoms. The van der Waals surface area contributed by atoms with Gasteiger partial charge in [-0.25, -0.2) is 32.9 Å². The van der Waals surface area contributed by atoms with Crippen molar-refractivity contribution in [3.8, 4) is 11.4 Å². The summed E-state index contributed by atoms with van der Waals surface area (Å²) in [6, 6.07) is 0.884. The first kappa shape index (κ1) is 24.6. The predicted molar refractivity (Wildman–Crippen MR) is 120 cm³/mol. The summed E-state index contributed by atoms with van der Waals surface area (Å²) in [6.07, 6.45) is 0.791. The van der Waals surface area contributed by atoms with Crippen molar-refractivity contribution in [1.29, 1.82) is 0 Å². The minimum absolute atomic E-state index is 0.164. The van der Waals surface area contributed by atoms with Gasteiger partial charge >= 0.3 is 6.09 Å². The Balaban J connectivity index is 1.23. The SMILES string of the molecule is C[C@@H](OC(=O)Nc1c(-c2ncc(NC(=O)C34CC(C(F)F)(C3)C4)cn2)cnn1C)c1cc(F)cnc1F. The smallest absolute Gasteiger partial charge is 0.413 e. The number of anilines is 2. The first-order chi connectivity index (χ1) is 17.5. The van der Waals surface area contributed by atoms with Gasteiger partial charge in [0.1, 0.15) is 17.7 Å². The summed E-state index contributed by atoms with van der Waals surface area (Å²) in [5.41, 5.74) is -1.38. The van der Waals surface area contributed by atoms with Crippen molar-refractivity contribution in [1.82, 2.24) is 24.7 Å². The van der Waals surface area contributed by atoms with Gasteiger partial charge in [0, 0.05) is 12.5 Å². The van der Waals surface area contributed by atoms with Gasteiger partial charge in [-0.15, -0.1) is 0 Å². The Bertz CT molecular complexity index is 1360. The number of nitrogens with zero attached hydrogens (tertiary/aromatic N) is 5. The lowest BCUT2D eigenvalue weighted by Crippen LogP contribution is -2.69. The normalized spacial score (nSPS) is 22.6. The first-order valence-electron chi connectivity index (χ1n) is 11.2. The van der Waals surface area contributed by atoms with Crippen molar-refractivity contribution in [2.45, 2.75) is 38.7 Å². The molecule has 10 nitrogen and oxygen atoms in total.